The third kappa shape index (κ3) is 2.96. The van der Waals surface area contributed by atoms with E-state index in [9.17, 15) is 4.39 Å². The van der Waals surface area contributed by atoms with E-state index in [4.69, 9.17) is 11.5 Å². The Hall–Kier alpha value is -1.78. The molecular weight excluding hydrogens is 265 g/mol. The van der Waals surface area contributed by atoms with Crippen LogP contribution in [0, 0.1) is 5.82 Å². The highest BCUT2D eigenvalue weighted by Gasteiger charge is 2.34. The van der Waals surface area contributed by atoms with Gasteiger partial charge in [-0.3, -0.25) is 4.98 Å². The molecule has 0 saturated heterocycles. The molecule has 0 fully saturated rings. The van der Waals surface area contributed by atoms with Crippen molar-refractivity contribution in [2.75, 3.05) is 0 Å². The Morgan fingerprint density at radius 2 is 1.57 bits per heavy atom. The Labute approximate surface area is 125 Å². The maximum absolute atomic E-state index is 13.1. The summed E-state index contributed by atoms with van der Waals surface area (Å²) in [7, 11) is 0. The van der Waals surface area contributed by atoms with Crippen molar-refractivity contribution >= 4 is 0 Å². The van der Waals surface area contributed by atoms with Crippen molar-refractivity contribution in [3.63, 3.8) is 0 Å². The van der Waals surface area contributed by atoms with Crippen LogP contribution >= 0.6 is 0 Å². The Bertz CT molecular complexity index is 590. The summed E-state index contributed by atoms with van der Waals surface area (Å²) in [5.74, 6) is 0.0615. The molecule has 3 nitrogen and oxygen atoms in total. The van der Waals surface area contributed by atoms with Gasteiger partial charge < -0.3 is 11.5 Å². The van der Waals surface area contributed by atoms with Crippen LogP contribution in [0.1, 0.15) is 43.5 Å². The number of rotatable bonds is 4. The van der Waals surface area contributed by atoms with Crippen molar-refractivity contribution in [3.05, 3.63) is 65.2 Å². The van der Waals surface area contributed by atoms with Gasteiger partial charge in [-0.05, 0) is 42.2 Å². The summed E-state index contributed by atoms with van der Waals surface area (Å²) in [6.07, 6.45) is 1.77. The molecule has 4 N–H and O–H groups in total. The zero-order chi connectivity index (χ0) is 15.6. The Morgan fingerprint density at radius 1 is 1.00 bits per heavy atom. The minimum atomic E-state index is -0.893. The molecule has 2 atom stereocenters. The fraction of sp³-hybridized carbons (Fsp3) is 0.353. The number of hydrogen-bond acceptors (Lipinski definition) is 3. The minimum absolute atomic E-state index is 0.293. The van der Waals surface area contributed by atoms with Crippen molar-refractivity contribution in [1.82, 2.24) is 4.98 Å². The quantitative estimate of drug-likeness (QED) is 0.908. The molecule has 1 heterocycles. The molecule has 0 amide bonds. The molecule has 0 aliphatic heterocycles. The van der Waals surface area contributed by atoms with E-state index in [2.05, 4.69) is 18.8 Å². The number of pyridine rings is 1. The van der Waals surface area contributed by atoms with Crippen LogP contribution in [0.15, 0.2) is 42.6 Å². The second-order valence-electron chi connectivity index (χ2n) is 5.79. The topological polar surface area (TPSA) is 64.9 Å². The average Bonchev–Trinajstić information content (AvgIpc) is 2.47. The van der Waals surface area contributed by atoms with Crippen molar-refractivity contribution in [2.45, 2.75) is 38.3 Å². The van der Waals surface area contributed by atoms with Crippen LogP contribution in [-0.4, -0.2) is 11.0 Å². The monoisotopic (exact) mass is 287 g/mol. The summed E-state index contributed by atoms with van der Waals surface area (Å²) in [5, 5.41) is 0. The molecule has 1 aromatic heterocycles. The molecular formula is C17H22FN3. The van der Waals surface area contributed by atoms with E-state index in [0.29, 0.717) is 5.92 Å². The number of nitrogens with two attached hydrogens (primary N) is 2. The second-order valence-corrected chi connectivity index (χ2v) is 5.79. The van der Waals surface area contributed by atoms with Gasteiger partial charge in [0, 0.05) is 17.9 Å². The Morgan fingerprint density at radius 3 is 2.00 bits per heavy atom. The third-order valence-electron chi connectivity index (χ3n) is 3.90. The molecule has 112 valence electrons. The van der Waals surface area contributed by atoms with Gasteiger partial charge >= 0.3 is 0 Å². The summed E-state index contributed by atoms with van der Waals surface area (Å²) in [5.41, 5.74) is 14.4. The summed E-state index contributed by atoms with van der Waals surface area (Å²) >= 11 is 0. The fourth-order valence-electron chi connectivity index (χ4n) is 2.41. The van der Waals surface area contributed by atoms with Crippen molar-refractivity contribution in [3.8, 4) is 0 Å². The zero-order valence-electron chi connectivity index (χ0n) is 12.7. The number of aromatic nitrogens is 1. The fourth-order valence-corrected chi connectivity index (χ4v) is 2.41. The van der Waals surface area contributed by atoms with Crippen molar-refractivity contribution in [1.29, 1.82) is 0 Å². The van der Waals surface area contributed by atoms with Crippen LogP contribution in [-0.2, 0) is 5.54 Å². The Balaban J connectivity index is 2.49. The smallest absolute Gasteiger partial charge is 0.123 e. The number of hydrogen-bond donors (Lipinski definition) is 2. The lowest BCUT2D eigenvalue weighted by Crippen LogP contribution is -2.51. The molecule has 1 unspecified atom stereocenters. The highest BCUT2D eigenvalue weighted by Crippen LogP contribution is 2.30. The molecule has 0 spiro atoms. The van der Waals surface area contributed by atoms with Crippen molar-refractivity contribution < 1.29 is 4.39 Å². The molecule has 2 aromatic rings. The normalized spacial score (nSPS) is 15.8. The number of nitrogens with zero attached hydrogens (tertiary/aromatic N) is 1. The van der Waals surface area contributed by atoms with Crippen LogP contribution in [0.3, 0.4) is 0 Å². The van der Waals surface area contributed by atoms with E-state index in [1.165, 1.54) is 12.1 Å². The minimum Gasteiger partial charge on any atom is -0.326 e. The van der Waals surface area contributed by atoms with Gasteiger partial charge in [0.1, 0.15) is 5.82 Å². The van der Waals surface area contributed by atoms with Gasteiger partial charge in [0.15, 0.2) is 0 Å². The van der Waals surface area contributed by atoms with Crippen LogP contribution in [0.4, 0.5) is 4.39 Å². The number of halogens is 1. The zero-order valence-corrected chi connectivity index (χ0v) is 12.7. The van der Waals surface area contributed by atoms with E-state index >= 15 is 0 Å². The van der Waals surface area contributed by atoms with Gasteiger partial charge in [-0.15, -0.1) is 0 Å². The molecule has 21 heavy (non-hydrogen) atoms. The summed E-state index contributed by atoms with van der Waals surface area (Å²) < 4.78 is 13.1. The molecule has 0 saturated carbocycles. The van der Waals surface area contributed by atoms with Crippen LogP contribution < -0.4 is 11.5 Å². The molecule has 0 radical (unpaired) electrons. The van der Waals surface area contributed by atoms with Gasteiger partial charge in [-0.25, -0.2) is 4.39 Å². The van der Waals surface area contributed by atoms with Gasteiger partial charge in [0.25, 0.3) is 0 Å². The Kier molecular flexibility index (Phi) is 4.40. The molecule has 0 bridgehead atoms. The predicted molar refractivity (Wildman–Crippen MR) is 83.3 cm³/mol. The predicted octanol–water partition coefficient (Wildman–Crippen LogP) is 2.89. The van der Waals surface area contributed by atoms with E-state index < -0.39 is 5.54 Å². The first kappa shape index (κ1) is 15.6. The maximum Gasteiger partial charge on any atom is 0.123 e. The lowest BCUT2D eigenvalue weighted by atomic mass is 9.79. The first-order chi connectivity index (χ1) is 9.85. The van der Waals surface area contributed by atoms with Gasteiger partial charge in [0.05, 0.1) is 5.54 Å². The van der Waals surface area contributed by atoms with Gasteiger partial charge in [-0.1, -0.05) is 32.0 Å². The lowest BCUT2D eigenvalue weighted by Gasteiger charge is -2.34. The maximum atomic E-state index is 13.1. The molecule has 0 aliphatic rings. The SMILES string of the molecule is CC(C)c1ccc(C(N)(c2ccc(F)cc2)[C@H](C)N)cn1. The van der Waals surface area contributed by atoms with E-state index in [0.717, 1.165) is 16.8 Å². The first-order valence-corrected chi connectivity index (χ1v) is 7.12. The summed E-state index contributed by atoms with van der Waals surface area (Å²) in [6, 6.07) is 9.73. The summed E-state index contributed by atoms with van der Waals surface area (Å²) in [6.45, 7) is 6.02. The second kappa shape index (κ2) is 5.92. The average molecular weight is 287 g/mol. The molecule has 4 heteroatoms. The van der Waals surface area contributed by atoms with Crippen molar-refractivity contribution in [2.24, 2.45) is 11.5 Å². The van der Waals surface area contributed by atoms with E-state index in [1.807, 2.05) is 19.1 Å². The standard InChI is InChI=1S/C17H22FN3/c1-11(2)16-9-6-14(10-21-16)17(20,12(3)19)13-4-7-15(18)8-5-13/h4-12H,19-20H2,1-3H3/t12-,17?/m0/s1. The molecule has 1 aromatic carbocycles. The highest BCUT2D eigenvalue weighted by molar-refractivity contribution is 5.39. The summed E-state index contributed by atoms with van der Waals surface area (Å²) in [4.78, 5) is 4.46. The lowest BCUT2D eigenvalue weighted by molar-refractivity contribution is 0.443. The van der Waals surface area contributed by atoms with E-state index in [-0.39, 0.29) is 11.9 Å². The first-order valence-electron chi connectivity index (χ1n) is 7.12. The number of benzene rings is 1. The van der Waals surface area contributed by atoms with Gasteiger partial charge in [0.2, 0.25) is 0 Å². The highest BCUT2D eigenvalue weighted by atomic mass is 19.1. The van der Waals surface area contributed by atoms with E-state index in [1.54, 1.807) is 18.3 Å². The largest absolute Gasteiger partial charge is 0.326 e. The third-order valence-corrected chi connectivity index (χ3v) is 3.90. The van der Waals surface area contributed by atoms with Gasteiger partial charge in [-0.2, -0.15) is 0 Å². The van der Waals surface area contributed by atoms with Crippen LogP contribution in [0.2, 0.25) is 0 Å². The van der Waals surface area contributed by atoms with Crippen LogP contribution in [0.5, 0.6) is 0 Å². The molecule has 2 rings (SSSR count). The molecule has 0 aliphatic carbocycles. The van der Waals surface area contributed by atoms with Crippen LogP contribution in [0.25, 0.3) is 0 Å².